The molecule has 0 atom stereocenters. The van der Waals surface area contributed by atoms with Crippen LogP contribution in [0.2, 0.25) is 30.1 Å². The highest BCUT2D eigenvalue weighted by Crippen LogP contribution is 2.48. The quantitative estimate of drug-likeness (QED) is 0.0893. The number of nitro benzene ring substituents is 1. The highest BCUT2D eigenvalue weighted by Gasteiger charge is 2.22. The van der Waals surface area contributed by atoms with Gasteiger partial charge in [-0.2, -0.15) is 0 Å². The lowest BCUT2D eigenvalue weighted by atomic mass is 10.2. The number of ether oxygens (including phenoxy) is 2. The minimum absolute atomic E-state index is 0.0139. The number of nitrogens with one attached hydrogen (secondary N) is 1. The molecule has 1 N–H and O–H groups in total. The van der Waals surface area contributed by atoms with E-state index in [4.69, 9.17) is 83.5 Å². The van der Waals surface area contributed by atoms with Gasteiger partial charge >= 0.3 is 0 Å². The zero-order valence-corrected chi connectivity index (χ0v) is 23.1. The molecule has 4 rings (SSSR count). The summed E-state index contributed by atoms with van der Waals surface area (Å²) in [5, 5.41) is 14.3. The normalized spacial score (nSPS) is 10.8. The zero-order chi connectivity index (χ0) is 27.6. The third-order valence-corrected chi connectivity index (χ3v) is 7.32. The first-order chi connectivity index (χ1) is 18.0. The number of halogens is 6. The number of non-ortho nitro benzene ring substituents is 1. The standard InChI is InChI=1S/C24H12Cl6N2O6/c25-11-1-3-14(4-2-11)37-16-8-12(7-13(9-16)32(34)35)31-24(33)17-6-5-15(38-17)10-36-23-21(29)19(27)18(26)20(28)22(23)30/h1-9H,10H2,(H,31,33). The second-order valence-electron chi connectivity index (χ2n) is 7.44. The van der Waals surface area contributed by atoms with Crippen molar-refractivity contribution in [1.29, 1.82) is 0 Å². The Hall–Kier alpha value is -2.85. The van der Waals surface area contributed by atoms with Crippen molar-refractivity contribution in [2.75, 3.05) is 5.32 Å². The molecule has 0 aliphatic rings. The van der Waals surface area contributed by atoms with Gasteiger partial charge in [0.15, 0.2) is 11.5 Å². The molecule has 0 bridgehead atoms. The maximum atomic E-state index is 12.8. The van der Waals surface area contributed by atoms with Gasteiger partial charge in [-0.15, -0.1) is 0 Å². The largest absolute Gasteiger partial charge is 0.482 e. The van der Waals surface area contributed by atoms with Gasteiger partial charge in [-0.25, -0.2) is 0 Å². The molecule has 14 heteroatoms. The molecule has 0 unspecified atom stereocenters. The van der Waals surface area contributed by atoms with Gasteiger partial charge in [0.05, 0.1) is 31.7 Å². The predicted molar refractivity (Wildman–Crippen MR) is 147 cm³/mol. The monoisotopic (exact) mass is 634 g/mol. The van der Waals surface area contributed by atoms with Crippen LogP contribution in [-0.4, -0.2) is 10.8 Å². The molecule has 1 amide bonds. The Morgan fingerprint density at radius 2 is 1.47 bits per heavy atom. The molecule has 1 aromatic heterocycles. The molecule has 196 valence electrons. The number of rotatable bonds is 8. The van der Waals surface area contributed by atoms with Crippen molar-refractivity contribution in [2.45, 2.75) is 6.61 Å². The van der Waals surface area contributed by atoms with E-state index in [-0.39, 0.29) is 66.1 Å². The van der Waals surface area contributed by atoms with Crippen LogP contribution in [0.1, 0.15) is 16.3 Å². The summed E-state index contributed by atoms with van der Waals surface area (Å²) in [5.74, 6) is -0.0385. The molecule has 0 saturated heterocycles. The van der Waals surface area contributed by atoms with Crippen molar-refractivity contribution >= 4 is 86.9 Å². The van der Waals surface area contributed by atoms with Crippen molar-refractivity contribution in [1.82, 2.24) is 0 Å². The average Bonchev–Trinajstić information content (AvgIpc) is 3.37. The van der Waals surface area contributed by atoms with Crippen LogP contribution in [0, 0.1) is 10.1 Å². The number of anilines is 1. The van der Waals surface area contributed by atoms with Gasteiger partial charge in [0.2, 0.25) is 0 Å². The third-order valence-electron chi connectivity index (χ3n) is 4.82. The Kier molecular flexibility index (Phi) is 8.82. The Bertz CT molecular complexity index is 1510. The fraction of sp³-hybridized carbons (Fsp3) is 0.0417. The first-order valence-corrected chi connectivity index (χ1v) is 12.6. The van der Waals surface area contributed by atoms with Gasteiger partial charge in [-0.3, -0.25) is 14.9 Å². The molecule has 38 heavy (non-hydrogen) atoms. The zero-order valence-electron chi connectivity index (χ0n) is 18.6. The van der Waals surface area contributed by atoms with Gasteiger partial charge < -0.3 is 19.2 Å². The molecule has 0 fully saturated rings. The van der Waals surface area contributed by atoms with Crippen LogP contribution in [0.5, 0.6) is 17.2 Å². The molecule has 0 spiro atoms. The lowest BCUT2D eigenvalue weighted by molar-refractivity contribution is -0.384. The van der Waals surface area contributed by atoms with Gasteiger partial charge in [0.25, 0.3) is 11.6 Å². The first-order valence-electron chi connectivity index (χ1n) is 10.3. The van der Waals surface area contributed by atoms with Crippen molar-refractivity contribution in [2.24, 2.45) is 0 Å². The Morgan fingerprint density at radius 3 is 2.11 bits per heavy atom. The van der Waals surface area contributed by atoms with E-state index in [1.165, 1.54) is 30.3 Å². The van der Waals surface area contributed by atoms with Crippen LogP contribution >= 0.6 is 69.6 Å². The SMILES string of the molecule is O=C(Nc1cc(Oc2ccc(Cl)cc2)cc([N+](=O)[O-])c1)c1ccc(COc2c(Cl)c(Cl)c(Cl)c(Cl)c2Cl)o1. The Morgan fingerprint density at radius 1 is 0.842 bits per heavy atom. The smallest absolute Gasteiger partial charge is 0.291 e. The molecular formula is C24H12Cl6N2O6. The lowest BCUT2D eigenvalue weighted by Crippen LogP contribution is -2.11. The highest BCUT2D eigenvalue weighted by molar-refractivity contribution is 6.55. The summed E-state index contributed by atoms with van der Waals surface area (Å²) in [4.78, 5) is 23.6. The fourth-order valence-corrected chi connectivity index (χ4v) is 4.44. The predicted octanol–water partition coefficient (Wildman–Crippen LogP) is 9.73. The highest BCUT2D eigenvalue weighted by atomic mass is 35.5. The molecule has 0 saturated carbocycles. The summed E-state index contributed by atoms with van der Waals surface area (Å²) >= 11 is 36.2. The number of carbonyl (C=O) groups is 1. The summed E-state index contributed by atoms with van der Waals surface area (Å²) in [5.41, 5.74) is -0.194. The van der Waals surface area contributed by atoms with E-state index in [0.29, 0.717) is 10.8 Å². The molecule has 1 heterocycles. The third kappa shape index (κ3) is 6.40. The summed E-state index contributed by atoms with van der Waals surface area (Å²) in [7, 11) is 0. The van der Waals surface area contributed by atoms with E-state index >= 15 is 0 Å². The number of carbonyl (C=O) groups excluding carboxylic acids is 1. The Balaban J connectivity index is 1.48. The minimum atomic E-state index is -0.678. The molecule has 4 aromatic rings. The molecule has 0 aliphatic heterocycles. The van der Waals surface area contributed by atoms with Crippen LogP contribution in [0.15, 0.2) is 59.0 Å². The fourth-order valence-electron chi connectivity index (χ4n) is 3.08. The number of amides is 1. The summed E-state index contributed by atoms with van der Waals surface area (Å²) in [6.07, 6.45) is 0. The molecule has 0 radical (unpaired) electrons. The molecular weight excluding hydrogens is 625 g/mol. The minimum Gasteiger partial charge on any atom is -0.482 e. The van der Waals surface area contributed by atoms with Gasteiger partial charge in [-0.1, -0.05) is 69.6 Å². The van der Waals surface area contributed by atoms with Crippen molar-refractivity contribution < 1.29 is 23.6 Å². The van der Waals surface area contributed by atoms with E-state index < -0.39 is 10.8 Å². The number of hydrogen-bond donors (Lipinski definition) is 1. The van der Waals surface area contributed by atoms with Crippen molar-refractivity contribution in [3.05, 3.63) is 106 Å². The van der Waals surface area contributed by atoms with Crippen molar-refractivity contribution in [3.8, 4) is 17.2 Å². The van der Waals surface area contributed by atoms with Gasteiger partial charge in [0, 0.05) is 17.2 Å². The van der Waals surface area contributed by atoms with Crippen LogP contribution in [0.4, 0.5) is 11.4 Å². The van der Waals surface area contributed by atoms with Gasteiger partial charge in [0.1, 0.15) is 33.9 Å². The average molecular weight is 637 g/mol. The number of benzene rings is 3. The maximum absolute atomic E-state index is 12.8. The lowest BCUT2D eigenvalue weighted by Gasteiger charge is -2.12. The molecule has 3 aromatic carbocycles. The topological polar surface area (TPSA) is 104 Å². The number of hydrogen-bond acceptors (Lipinski definition) is 6. The van der Waals surface area contributed by atoms with Crippen molar-refractivity contribution in [3.63, 3.8) is 0 Å². The van der Waals surface area contributed by atoms with Crippen LogP contribution in [-0.2, 0) is 6.61 Å². The van der Waals surface area contributed by atoms with Crippen LogP contribution in [0.25, 0.3) is 0 Å². The van der Waals surface area contributed by atoms with E-state index in [2.05, 4.69) is 5.32 Å². The first kappa shape index (κ1) is 28.2. The van der Waals surface area contributed by atoms with E-state index in [9.17, 15) is 14.9 Å². The Labute approximate surface area is 245 Å². The van der Waals surface area contributed by atoms with Gasteiger partial charge in [-0.05, 0) is 36.4 Å². The maximum Gasteiger partial charge on any atom is 0.291 e. The van der Waals surface area contributed by atoms with Crippen LogP contribution < -0.4 is 14.8 Å². The molecule has 8 nitrogen and oxygen atoms in total. The summed E-state index contributed by atoms with van der Waals surface area (Å²) in [6.45, 7) is -0.184. The summed E-state index contributed by atoms with van der Waals surface area (Å²) in [6, 6.07) is 13.1. The second-order valence-corrected chi connectivity index (χ2v) is 9.76. The van der Waals surface area contributed by atoms with E-state index in [1.807, 2.05) is 0 Å². The van der Waals surface area contributed by atoms with Crippen LogP contribution in [0.3, 0.4) is 0 Å². The number of nitrogens with zero attached hydrogens (tertiary/aromatic N) is 1. The summed E-state index contributed by atoms with van der Waals surface area (Å²) < 4.78 is 16.8. The molecule has 0 aliphatic carbocycles. The van der Waals surface area contributed by atoms with E-state index in [1.54, 1.807) is 24.3 Å². The van der Waals surface area contributed by atoms with E-state index in [0.717, 1.165) is 0 Å². The number of furan rings is 1. The second kappa shape index (κ2) is 11.9. The number of nitro groups is 1.